The third-order valence-electron chi connectivity index (χ3n) is 5.22. The standard InChI is InChI=1S/C20H17F2N3O4S/c1-13-4-6-15(25(26)27)12-19(13)30(28,29)24-10-9-23-8-2-3-18(23)20(24)14-5-7-16(21)17(22)11-14/h2-8,11-12,20H,9-10H2,1H3. The lowest BCUT2D eigenvalue weighted by molar-refractivity contribution is -0.385. The zero-order valence-corrected chi connectivity index (χ0v) is 16.6. The van der Waals surface area contributed by atoms with Gasteiger partial charge in [0.25, 0.3) is 5.69 Å². The van der Waals surface area contributed by atoms with E-state index in [0.717, 1.165) is 18.2 Å². The molecule has 10 heteroatoms. The first-order chi connectivity index (χ1) is 14.2. The molecule has 0 saturated heterocycles. The Morgan fingerprint density at radius 1 is 1.07 bits per heavy atom. The largest absolute Gasteiger partial charge is 0.348 e. The second-order valence-electron chi connectivity index (χ2n) is 7.03. The SMILES string of the molecule is Cc1ccc([N+](=O)[O-])cc1S(=O)(=O)N1CCn2cccc2C1c1ccc(F)c(F)c1. The van der Waals surface area contributed by atoms with E-state index in [4.69, 9.17) is 0 Å². The number of halogens is 2. The monoisotopic (exact) mass is 433 g/mol. The van der Waals surface area contributed by atoms with Gasteiger partial charge in [-0.25, -0.2) is 17.2 Å². The third kappa shape index (κ3) is 3.27. The summed E-state index contributed by atoms with van der Waals surface area (Å²) in [5.41, 5.74) is 0.869. The summed E-state index contributed by atoms with van der Waals surface area (Å²) in [5, 5.41) is 11.2. The fraction of sp³-hybridized carbons (Fsp3) is 0.200. The molecule has 156 valence electrons. The lowest BCUT2D eigenvalue weighted by Crippen LogP contribution is -2.42. The first-order valence-corrected chi connectivity index (χ1v) is 10.5. The predicted molar refractivity (Wildman–Crippen MR) is 104 cm³/mol. The van der Waals surface area contributed by atoms with Crippen LogP contribution in [0.1, 0.15) is 22.9 Å². The van der Waals surface area contributed by atoms with E-state index in [2.05, 4.69) is 0 Å². The van der Waals surface area contributed by atoms with E-state index in [-0.39, 0.29) is 22.7 Å². The number of sulfonamides is 1. The van der Waals surface area contributed by atoms with Crippen LogP contribution in [0.25, 0.3) is 0 Å². The molecular weight excluding hydrogens is 416 g/mol. The average Bonchev–Trinajstić information content (AvgIpc) is 3.18. The van der Waals surface area contributed by atoms with Gasteiger partial charge in [0.2, 0.25) is 10.0 Å². The lowest BCUT2D eigenvalue weighted by Gasteiger charge is -2.36. The summed E-state index contributed by atoms with van der Waals surface area (Å²) in [6.07, 6.45) is 1.78. The third-order valence-corrected chi connectivity index (χ3v) is 7.23. The van der Waals surface area contributed by atoms with Crippen molar-refractivity contribution in [1.82, 2.24) is 8.87 Å². The molecule has 0 N–H and O–H groups in total. The molecule has 2 heterocycles. The highest BCUT2D eigenvalue weighted by Crippen LogP contribution is 2.38. The molecule has 0 bridgehead atoms. The second-order valence-corrected chi connectivity index (χ2v) is 8.88. The Morgan fingerprint density at radius 3 is 2.53 bits per heavy atom. The predicted octanol–water partition coefficient (Wildman–Crippen LogP) is 3.78. The molecule has 1 aliphatic rings. The minimum absolute atomic E-state index is 0.0653. The van der Waals surface area contributed by atoms with Crippen molar-refractivity contribution < 1.29 is 22.1 Å². The number of aromatic nitrogens is 1. The summed E-state index contributed by atoms with van der Waals surface area (Å²) in [4.78, 5) is 10.3. The molecule has 4 rings (SSSR count). The Hall–Kier alpha value is -3.11. The van der Waals surface area contributed by atoms with Gasteiger partial charge in [-0.1, -0.05) is 12.1 Å². The van der Waals surface area contributed by atoms with Crippen LogP contribution in [-0.4, -0.2) is 28.8 Å². The highest BCUT2D eigenvalue weighted by Gasteiger charge is 2.39. The minimum atomic E-state index is -4.19. The molecular formula is C20H17F2N3O4S. The summed E-state index contributed by atoms with van der Waals surface area (Å²) in [5.74, 6) is -2.12. The Kier molecular flexibility index (Phi) is 4.91. The molecule has 1 atom stereocenters. The molecule has 0 amide bonds. The van der Waals surface area contributed by atoms with E-state index in [9.17, 15) is 27.3 Å². The quantitative estimate of drug-likeness (QED) is 0.463. The van der Waals surface area contributed by atoms with Crippen LogP contribution in [0.3, 0.4) is 0 Å². The molecule has 0 radical (unpaired) electrons. The zero-order valence-electron chi connectivity index (χ0n) is 15.8. The normalized spacial score (nSPS) is 17.0. The van der Waals surface area contributed by atoms with Crippen molar-refractivity contribution in [2.75, 3.05) is 6.54 Å². The van der Waals surface area contributed by atoms with Gasteiger partial charge >= 0.3 is 0 Å². The molecule has 7 nitrogen and oxygen atoms in total. The van der Waals surface area contributed by atoms with Crippen molar-refractivity contribution in [2.24, 2.45) is 0 Å². The minimum Gasteiger partial charge on any atom is -0.348 e. The average molecular weight is 433 g/mol. The van der Waals surface area contributed by atoms with Crippen LogP contribution < -0.4 is 0 Å². The first kappa shape index (κ1) is 20.2. The van der Waals surface area contributed by atoms with Gasteiger partial charge in [-0.15, -0.1) is 0 Å². The van der Waals surface area contributed by atoms with Crippen molar-refractivity contribution in [3.05, 3.63) is 93.3 Å². The summed E-state index contributed by atoms with van der Waals surface area (Å²) in [6.45, 7) is 1.97. The number of fused-ring (bicyclic) bond motifs is 1. The van der Waals surface area contributed by atoms with Crippen LogP contribution in [0, 0.1) is 28.7 Å². The van der Waals surface area contributed by atoms with Gasteiger partial charge in [0, 0.05) is 37.1 Å². The van der Waals surface area contributed by atoms with Gasteiger partial charge in [0.15, 0.2) is 11.6 Å². The van der Waals surface area contributed by atoms with Crippen LogP contribution in [0.15, 0.2) is 59.6 Å². The highest BCUT2D eigenvalue weighted by molar-refractivity contribution is 7.89. The number of aryl methyl sites for hydroxylation is 1. The lowest BCUT2D eigenvalue weighted by atomic mass is 10.0. The highest BCUT2D eigenvalue weighted by atomic mass is 32.2. The Labute approximate surface area is 171 Å². The Balaban J connectivity index is 1.89. The molecule has 0 aliphatic carbocycles. The molecule has 0 saturated carbocycles. The second kappa shape index (κ2) is 7.29. The van der Waals surface area contributed by atoms with Crippen molar-refractivity contribution in [3.63, 3.8) is 0 Å². The number of nitro groups is 1. The van der Waals surface area contributed by atoms with Gasteiger partial charge in [0.1, 0.15) is 0 Å². The van der Waals surface area contributed by atoms with E-state index < -0.39 is 32.6 Å². The summed E-state index contributed by atoms with van der Waals surface area (Å²) >= 11 is 0. The Morgan fingerprint density at radius 2 is 1.83 bits per heavy atom. The molecule has 2 aromatic carbocycles. The van der Waals surface area contributed by atoms with Gasteiger partial charge in [-0.2, -0.15) is 4.31 Å². The van der Waals surface area contributed by atoms with E-state index in [0.29, 0.717) is 17.8 Å². The summed E-state index contributed by atoms with van der Waals surface area (Å²) in [6, 6.07) is 9.47. The topological polar surface area (TPSA) is 85.4 Å². The summed E-state index contributed by atoms with van der Waals surface area (Å²) in [7, 11) is -4.19. The maximum absolute atomic E-state index is 14.0. The number of hydrogen-bond donors (Lipinski definition) is 0. The van der Waals surface area contributed by atoms with Gasteiger partial charge < -0.3 is 4.57 Å². The van der Waals surface area contributed by atoms with Crippen molar-refractivity contribution >= 4 is 15.7 Å². The fourth-order valence-electron chi connectivity index (χ4n) is 3.75. The van der Waals surface area contributed by atoms with Crippen LogP contribution in [-0.2, 0) is 16.6 Å². The maximum atomic E-state index is 14.0. The maximum Gasteiger partial charge on any atom is 0.270 e. The van der Waals surface area contributed by atoms with Crippen molar-refractivity contribution in [1.29, 1.82) is 0 Å². The van der Waals surface area contributed by atoms with E-state index >= 15 is 0 Å². The number of benzene rings is 2. The van der Waals surface area contributed by atoms with Crippen LogP contribution in [0.4, 0.5) is 14.5 Å². The number of nitro benzene ring substituents is 1. The van der Waals surface area contributed by atoms with Gasteiger partial charge in [-0.3, -0.25) is 10.1 Å². The fourth-order valence-corrected chi connectivity index (χ4v) is 5.57. The van der Waals surface area contributed by atoms with Gasteiger partial charge in [0.05, 0.1) is 15.9 Å². The molecule has 1 aromatic heterocycles. The molecule has 0 fully saturated rings. The molecule has 3 aromatic rings. The molecule has 1 aliphatic heterocycles. The first-order valence-electron chi connectivity index (χ1n) is 9.07. The molecule has 0 spiro atoms. The van der Waals surface area contributed by atoms with E-state index in [1.807, 2.05) is 4.57 Å². The smallest absolute Gasteiger partial charge is 0.270 e. The van der Waals surface area contributed by atoms with Crippen LogP contribution >= 0.6 is 0 Å². The van der Waals surface area contributed by atoms with E-state index in [1.165, 1.54) is 22.5 Å². The number of rotatable bonds is 4. The number of nitrogens with zero attached hydrogens (tertiary/aromatic N) is 3. The van der Waals surface area contributed by atoms with E-state index in [1.54, 1.807) is 25.3 Å². The number of non-ortho nitro benzene ring substituents is 1. The molecule has 30 heavy (non-hydrogen) atoms. The van der Waals surface area contributed by atoms with Crippen molar-refractivity contribution in [2.45, 2.75) is 24.4 Å². The van der Waals surface area contributed by atoms with Gasteiger partial charge in [-0.05, 0) is 42.3 Å². The zero-order chi connectivity index (χ0) is 21.6. The Bertz CT molecular complexity index is 1260. The van der Waals surface area contributed by atoms with Crippen LogP contribution in [0.2, 0.25) is 0 Å². The van der Waals surface area contributed by atoms with Crippen molar-refractivity contribution in [3.8, 4) is 0 Å². The van der Waals surface area contributed by atoms with Crippen LogP contribution in [0.5, 0.6) is 0 Å². The molecule has 1 unspecified atom stereocenters. The number of hydrogen-bond acceptors (Lipinski definition) is 4. The summed E-state index contributed by atoms with van der Waals surface area (Å²) < 4.78 is 57.6.